The van der Waals surface area contributed by atoms with Gasteiger partial charge in [0.1, 0.15) is 5.52 Å². The molecule has 1 N–H and O–H groups in total. The van der Waals surface area contributed by atoms with E-state index in [1.165, 1.54) is 5.69 Å². The molecule has 6 nitrogen and oxygen atoms in total. The first kappa shape index (κ1) is 16.7. The van der Waals surface area contributed by atoms with Crippen LogP contribution in [-0.4, -0.2) is 48.3 Å². The van der Waals surface area contributed by atoms with Crippen LogP contribution in [0.15, 0.2) is 42.7 Å². The summed E-state index contributed by atoms with van der Waals surface area (Å²) in [5.41, 5.74) is 4.80. The van der Waals surface area contributed by atoms with Crippen LogP contribution in [-0.2, 0) is 4.74 Å². The van der Waals surface area contributed by atoms with Crippen molar-refractivity contribution in [2.75, 3.05) is 37.5 Å². The number of anilines is 2. The van der Waals surface area contributed by atoms with Gasteiger partial charge in [0.15, 0.2) is 5.82 Å². The Kier molecular flexibility index (Phi) is 4.67. The van der Waals surface area contributed by atoms with Gasteiger partial charge in [-0.05, 0) is 31.0 Å². The Balaban J connectivity index is 1.63. The fraction of sp³-hybridized carbons (Fsp3) is 0.350. The molecule has 6 heteroatoms. The van der Waals surface area contributed by atoms with Gasteiger partial charge in [-0.2, -0.15) is 0 Å². The summed E-state index contributed by atoms with van der Waals surface area (Å²) < 4.78 is 5.47. The lowest BCUT2D eigenvalue weighted by atomic mass is 10.1. The van der Waals surface area contributed by atoms with Crippen LogP contribution in [0.1, 0.15) is 12.8 Å². The predicted molar refractivity (Wildman–Crippen MR) is 105 cm³/mol. The summed E-state index contributed by atoms with van der Waals surface area (Å²) in [6.07, 6.45) is 5.55. The lowest BCUT2D eigenvalue weighted by molar-refractivity contribution is 0.0855. The third-order valence-electron chi connectivity index (χ3n) is 5.00. The largest absolute Gasteiger partial charge is 0.381 e. The van der Waals surface area contributed by atoms with E-state index in [1.807, 2.05) is 13.1 Å². The quantitative estimate of drug-likeness (QED) is 0.779. The molecule has 0 unspecified atom stereocenters. The first-order valence-corrected chi connectivity index (χ1v) is 8.97. The molecule has 2 aromatic heterocycles. The second-order valence-corrected chi connectivity index (χ2v) is 6.53. The van der Waals surface area contributed by atoms with Gasteiger partial charge in [-0.15, -0.1) is 0 Å². The average Bonchev–Trinajstić information content (AvgIpc) is 2.73. The molecule has 3 aromatic rings. The van der Waals surface area contributed by atoms with Gasteiger partial charge >= 0.3 is 0 Å². The zero-order valence-corrected chi connectivity index (χ0v) is 15.1. The third kappa shape index (κ3) is 3.20. The highest BCUT2D eigenvalue weighted by molar-refractivity contribution is 5.88. The maximum Gasteiger partial charge on any atom is 0.154 e. The summed E-state index contributed by atoms with van der Waals surface area (Å²) in [5, 5.41) is 3.12. The van der Waals surface area contributed by atoms with Crippen molar-refractivity contribution < 1.29 is 4.74 Å². The van der Waals surface area contributed by atoms with Gasteiger partial charge in [-0.1, -0.05) is 12.1 Å². The van der Waals surface area contributed by atoms with E-state index < -0.39 is 0 Å². The second-order valence-electron chi connectivity index (χ2n) is 6.53. The summed E-state index contributed by atoms with van der Waals surface area (Å²) in [5.74, 6) is 0.744. The molecule has 4 rings (SSSR count). The second kappa shape index (κ2) is 7.25. The lowest BCUT2D eigenvalue weighted by Gasteiger charge is -2.33. The Hall–Kier alpha value is -2.73. The normalized spacial score (nSPS) is 15.2. The van der Waals surface area contributed by atoms with Crippen LogP contribution in [0.5, 0.6) is 0 Å². The smallest absolute Gasteiger partial charge is 0.154 e. The molecule has 0 aliphatic carbocycles. The molecule has 3 heterocycles. The average molecular weight is 349 g/mol. The minimum atomic E-state index is 0.541. The maximum atomic E-state index is 5.47. The van der Waals surface area contributed by atoms with Gasteiger partial charge in [-0.25, -0.2) is 9.97 Å². The highest BCUT2D eigenvalue weighted by atomic mass is 16.5. The van der Waals surface area contributed by atoms with Gasteiger partial charge in [0.05, 0.1) is 11.2 Å². The van der Waals surface area contributed by atoms with Crippen molar-refractivity contribution in [2.45, 2.75) is 18.9 Å². The van der Waals surface area contributed by atoms with Gasteiger partial charge in [0, 0.05) is 57.0 Å². The number of hydrogen-bond donors (Lipinski definition) is 1. The fourth-order valence-corrected chi connectivity index (χ4v) is 3.44. The minimum absolute atomic E-state index is 0.541. The Bertz CT molecular complexity index is 890. The Morgan fingerprint density at radius 1 is 1.08 bits per heavy atom. The summed E-state index contributed by atoms with van der Waals surface area (Å²) in [6, 6.07) is 11.1. The Morgan fingerprint density at radius 2 is 1.81 bits per heavy atom. The molecule has 26 heavy (non-hydrogen) atoms. The molecule has 1 fully saturated rings. The van der Waals surface area contributed by atoms with Crippen molar-refractivity contribution in [1.82, 2.24) is 15.0 Å². The van der Waals surface area contributed by atoms with E-state index >= 15 is 0 Å². The molecule has 0 amide bonds. The molecular weight excluding hydrogens is 326 g/mol. The molecule has 134 valence electrons. The Labute approximate surface area is 153 Å². The zero-order valence-electron chi connectivity index (χ0n) is 15.1. The van der Waals surface area contributed by atoms with Crippen molar-refractivity contribution in [2.24, 2.45) is 0 Å². The van der Waals surface area contributed by atoms with Crippen LogP contribution in [0.2, 0.25) is 0 Å². The number of aromatic nitrogens is 3. The van der Waals surface area contributed by atoms with E-state index in [1.54, 1.807) is 12.4 Å². The predicted octanol–water partition coefficient (Wildman–Crippen LogP) is 3.35. The summed E-state index contributed by atoms with van der Waals surface area (Å²) in [4.78, 5) is 15.9. The standard InChI is InChI=1S/C20H23N5O/c1-21-20-19-18(22-9-10-23-19)13-17(24-20)14-3-5-15(6-4-14)25(2)16-7-11-26-12-8-16/h3-6,9-10,13,16H,7-8,11-12H2,1-2H3,(H,21,24). The SMILES string of the molecule is CNc1nc(-c2ccc(N(C)C3CCOCC3)cc2)cc2nccnc12. The molecule has 0 spiro atoms. The number of rotatable bonds is 4. The number of ether oxygens (including phenoxy) is 1. The molecule has 1 aliphatic heterocycles. The van der Waals surface area contributed by atoms with Crippen LogP contribution in [0.4, 0.5) is 11.5 Å². The molecule has 1 saturated heterocycles. The summed E-state index contributed by atoms with van der Waals surface area (Å²) in [6.45, 7) is 1.70. The molecule has 0 bridgehead atoms. The van der Waals surface area contributed by atoms with Crippen molar-refractivity contribution in [3.8, 4) is 11.3 Å². The van der Waals surface area contributed by atoms with Gasteiger partial charge in [0.25, 0.3) is 0 Å². The first-order chi connectivity index (χ1) is 12.8. The van der Waals surface area contributed by atoms with Gasteiger partial charge < -0.3 is 15.0 Å². The van der Waals surface area contributed by atoms with Crippen LogP contribution < -0.4 is 10.2 Å². The monoisotopic (exact) mass is 349 g/mol. The van der Waals surface area contributed by atoms with Crippen LogP contribution in [0, 0.1) is 0 Å². The van der Waals surface area contributed by atoms with Crippen molar-refractivity contribution in [3.05, 3.63) is 42.7 Å². The number of fused-ring (bicyclic) bond motifs is 1. The van der Waals surface area contributed by atoms with Gasteiger partial charge in [-0.3, -0.25) is 4.98 Å². The van der Waals surface area contributed by atoms with Crippen LogP contribution in [0.3, 0.4) is 0 Å². The van der Waals surface area contributed by atoms with Crippen molar-refractivity contribution in [1.29, 1.82) is 0 Å². The molecule has 0 atom stereocenters. The van der Waals surface area contributed by atoms with Crippen molar-refractivity contribution >= 4 is 22.5 Å². The number of benzene rings is 1. The number of nitrogens with zero attached hydrogens (tertiary/aromatic N) is 4. The Morgan fingerprint density at radius 3 is 2.54 bits per heavy atom. The van der Waals surface area contributed by atoms with Crippen LogP contribution in [0.25, 0.3) is 22.3 Å². The molecule has 0 radical (unpaired) electrons. The van der Waals surface area contributed by atoms with E-state index in [2.05, 4.69) is 51.5 Å². The van der Waals surface area contributed by atoms with E-state index in [-0.39, 0.29) is 0 Å². The third-order valence-corrected chi connectivity index (χ3v) is 5.00. The summed E-state index contributed by atoms with van der Waals surface area (Å²) in [7, 11) is 4.01. The van der Waals surface area contributed by atoms with E-state index in [9.17, 15) is 0 Å². The van der Waals surface area contributed by atoms with Crippen LogP contribution >= 0.6 is 0 Å². The lowest BCUT2D eigenvalue weighted by Crippen LogP contribution is -2.36. The van der Waals surface area contributed by atoms with E-state index in [4.69, 9.17) is 9.72 Å². The molecule has 1 aromatic carbocycles. The molecular formula is C20H23N5O. The first-order valence-electron chi connectivity index (χ1n) is 8.97. The highest BCUT2D eigenvalue weighted by Gasteiger charge is 2.18. The van der Waals surface area contributed by atoms with E-state index in [0.717, 1.165) is 54.2 Å². The maximum absolute atomic E-state index is 5.47. The summed E-state index contributed by atoms with van der Waals surface area (Å²) >= 11 is 0. The van der Waals surface area contributed by atoms with Crippen molar-refractivity contribution in [3.63, 3.8) is 0 Å². The molecule has 0 saturated carbocycles. The topological polar surface area (TPSA) is 63.2 Å². The number of nitrogens with one attached hydrogen (secondary N) is 1. The van der Waals surface area contributed by atoms with Gasteiger partial charge in [0.2, 0.25) is 0 Å². The number of pyridine rings is 1. The number of hydrogen-bond acceptors (Lipinski definition) is 6. The zero-order chi connectivity index (χ0) is 17.9. The minimum Gasteiger partial charge on any atom is -0.381 e. The highest BCUT2D eigenvalue weighted by Crippen LogP contribution is 2.28. The molecule has 1 aliphatic rings. The van der Waals surface area contributed by atoms with E-state index in [0.29, 0.717) is 6.04 Å². The fourth-order valence-electron chi connectivity index (χ4n) is 3.44.